The lowest BCUT2D eigenvalue weighted by molar-refractivity contribution is -0.598. The van der Waals surface area contributed by atoms with Crippen molar-refractivity contribution in [3.05, 3.63) is 10.1 Å². The van der Waals surface area contributed by atoms with Crippen molar-refractivity contribution in [2.75, 3.05) is 26.9 Å². The Morgan fingerprint density at radius 1 is 1.35 bits per heavy atom. The Kier molecular flexibility index (Phi) is 5.59. The highest BCUT2D eigenvalue weighted by Gasteiger charge is 2.62. The molecular weight excluding hydrogens is 306 g/mol. The topological polar surface area (TPSA) is 97.1 Å². The summed E-state index contributed by atoms with van der Waals surface area (Å²) in [5.74, 6) is -1.59. The second-order valence-corrected chi connectivity index (χ2v) is 6.26. The highest BCUT2D eigenvalue weighted by Crippen LogP contribution is 2.47. The van der Waals surface area contributed by atoms with E-state index in [0.717, 1.165) is 0 Å². The number of esters is 1. The fourth-order valence-corrected chi connectivity index (χ4v) is 3.66. The van der Waals surface area contributed by atoms with E-state index in [-0.39, 0.29) is 17.3 Å². The van der Waals surface area contributed by atoms with Gasteiger partial charge in [0.15, 0.2) is 5.79 Å². The van der Waals surface area contributed by atoms with Gasteiger partial charge < -0.3 is 18.9 Å². The van der Waals surface area contributed by atoms with Gasteiger partial charge in [-0.05, 0) is 13.3 Å². The molecule has 0 aromatic rings. The summed E-state index contributed by atoms with van der Waals surface area (Å²) in [4.78, 5) is 23.1. The Morgan fingerprint density at radius 2 is 2.00 bits per heavy atom. The minimum absolute atomic E-state index is 0.133. The molecule has 1 heterocycles. The van der Waals surface area contributed by atoms with Crippen molar-refractivity contribution in [2.24, 2.45) is 5.92 Å². The average Bonchev–Trinajstić information content (AvgIpc) is 2.96. The van der Waals surface area contributed by atoms with Gasteiger partial charge >= 0.3 is 5.97 Å². The van der Waals surface area contributed by atoms with E-state index < -0.39 is 23.3 Å². The van der Waals surface area contributed by atoms with Gasteiger partial charge in [-0.15, -0.1) is 0 Å². The summed E-state index contributed by atoms with van der Waals surface area (Å²) < 4.78 is 21.8. The summed E-state index contributed by atoms with van der Waals surface area (Å²) in [5.41, 5.74) is -1.29. The van der Waals surface area contributed by atoms with Gasteiger partial charge in [0.25, 0.3) is 0 Å². The summed E-state index contributed by atoms with van der Waals surface area (Å²) in [6.45, 7) is 4.55. The van der Waals surface area contributed by atoms with Crippen LogP contribution < -0.4 is 0 Å². The van der Waals surface area contributed by atoms with Crippen LogP contribution in [0.5, 0.6) is 0 Å². The molecule has 2 fully saturated rings. The molecule has 1 aliphatic heterocycles. The van der Waals surface area contributed by atoms with E-state index >= 15 is 0 Å². The Hall–Kier alpha value is -1.25. The minimum atomic E-state index is -1.29. The zero-order valence-electron chi connectivity index (χ0n) is 13.9. The number of hydrogen-bond donors (Lipinski definition) is 0. The smallest absolute Gasteiger partial charge is 0.305 e. The van der Waals surface area contributed by atoms with Crippen LogP contribution in [0.4, 0.5) is 0 Å². The lowest BCUT2D eigenvalue weighted by Gasteiger charge is -2.46. The van der Waals surface area contributed by atoms with E-state index in [1.165, 1.54) is 7.11 Å². The molecule has 0 bridgehead atoms. The Bertz CT molecular complexity index is 449. The number of methoxy groups -OCH3 is 1. The van der Waals surface area contributed by atoms with Crippen LogP contribution in [0.25, 0.3) is 0 Å². The third kappa shape index (κ3) is 3.49. The molecule has 0 radical (unpaired) electrons. The van der Waals surface area contributed by atoms with Crippen molar-refractivity contribution in [3.63, 3.8) is 0 Å². The van der Waals surface area contributed by atoms with Gasteiger partial charge in [-0.25, -0.2) is 0 Å². The predicted octanol–water partition coefficient (Wildman–Crippen LogP) is 1.53. The van der Waals surface area contributed by atoms with Crippen LogP contribution in [-0.4, -0.2) is 55.3 Å². The first-order chi connectivity index (χ1) is 10.9. The van der Waals surface area contributed by atoms with E-state index in [1.807, 2.05) is 0 Å². The fourth-order valence-electron chi connectivity index (χ4n) is 3.66. The van der Waals surface area contributed by atoms with E-state index in [1.54, 1.807) is 13.8 Å². The summed E-state index contributed by atoms with van der Waals surface area (Å²) in [5, 5.41) is 11.8. The van der Waals surface area contributed by atoms with Crippen LogP contribution in [-0.2, 0) is 23.7 Å². The Morgan fingerprint density at radius 3 is 2.52 bits per heavy atom. The first-order valence-electron chi connectivity index (χ1n) is 7.99. The minimum Gasteiger partial charge on any atom is -0.466 e. The quantitative estimate of drug-likeness (QED) is 0.413. The number of hydrogen-bond acceptors (Lipinski definition) is 7. The monoisotopic (exact) mass is 331 g/mol. The van der Waals surface area contributed by atoms with E-state index in [9.17, 15) is 14.9 Å². The molecule has 1 aliphatic carbocycles. The number of carbonyl (C=O) groups is 1. The van der Waals surface area contributed by atoms with Gasteiger partial charge in [0.05, 0.1) is 19.8 Å². The molecule has 0 aromatic carbocycles. The molecule has 0 amide bonds. The summed E-state index contributed by atoms with van der Waals surface area (Å²) in [6, 6.07) is 0. The van der Waals surface area contributed by atoms with Crippen molar-refractivity contribution in [1.82, 2.24) is 0 Å². The molecule has 2 rings (SSSR count). The second kappa shape index (κ2) is 7.11. The normalized spacial score (nSPS) is 32.8. The van der Waals surface area contributed by atoms with E-state index in [2.05, 4.69) is 0 Å². The van der Waals surface area contributed by atoms with Crippen molar-refractivity contribution in [1.29, 1.82) is 0 Å². The highest BCUT2D eigenvalue weighted by atomic mass is 16.7. The molecular formula is C15H25NO7. The molecule has 2 aliphatic rings. The molecule has 1 saturated carbocycles. The summed E-state index contributed by atoms with van der Waals surface area (Å²) in [6.07, 6.45) is 0.524. The Labute approximate surface area is 135 Å². The van der Waals surface area contributed by atoms with Crippen molar-refractivity contribution < 1.29 is 28.7 Å². The van der Waals surface area contributed by atoms with Gasteiger partial charge in [-0.1, -0.05) is 0 Å². The molecule has 132 valence electrons. The fraction of sp³-hybridized carbons (Fsp3) is 0.933. The standard InChI is InChI=1S/C15H25NO7/c1-4-21-13(17)6-5-11-9-15(22-7-8-23-15)10-12(20-3)14(11,2)16(18)19/h11-12H,4-10H2,1-3H3/t11-,12+,14+/m1/s1. The lowest BCUT2D eigenvalue weighted by Crippen LogP contribution is -2.62. The van der Waals surface area contributed by atoms with Crippen molar-refractivity contribution in [3.8, 4) is 0 Å². The van der Waals surface area contributed by atoms with Crippen LogP contribution in [0.3, 0.4) is 0 Å². The molecule has 0 aromatic heterocycles. The van der Waals surface area contributed by atoms with Gasteiger partial charge in [0.2, 0.25) is 5.54 Å². The van der Waals surface area contributed by atoms with Gasteiger partial charge in [0.1, 0.15) is 6.10 Å². The van der Waals surface area contributed by atoms with E-state index in [4.69, 9.17) is 18.9 Å². The molecule has 0 unspecified atom stereocenters. The van der Waals surface area contributed by atoms with Crippen molar-refractivity contribution >= 4 is 5.97 Å². The number of rotatable bonds is 6. The van der Waals surface area contributed by atoms with Gasteiger partial charge in [0, 0.05) is 44.1 Å². The average molecular weight is 331 g/mol. The predicted molar refractivity (Wildman–Crippen MR) is 79.4 cm³/mol. The first kappa shape index (κ1) is 18.1. The molecule has 23 heavy (non-hydrogen) atoms. The SMILES string of the molecule is CCOC(=O)CC[C@@H]1CC2(C[C@H](OC)[C@@]1(C)[N+](=O)[O-])OCCO2. The van der Waals surface area contributed by atoms with Crippen molar-refractivity contribution in [2.45, 2.75) is 57.0 Å². The summed E-state index contributed by atoms with van der Waals surface area (Å²) >= 11 is 0. The third-order valence-electron chi connectivity index (χ3n) is 5.03. The largest absolute Gasteiger partial charge is 0.466 e. The van der Waals surface area contributed by atoms with Crippen LogP contribution in [0.1, 0.15) is 39.5 Å². The Balaban J connectivity index is 2.20. The molecule has 8 nitrogen and oxygen atoms in total. The van der Waals surface area contributed by atoms with Crippen LogP contribution in [0.2, 0.25) is 0 Å². The molecule has 8 heteroatoms. The van der Waals surface area contributed by atoms with Crippen LogP contribution >= 0.6 is 0 Å². The number of nitro groups is 1. The molecule has 1 saturated heterocycles. The first-order valence-corrected chi connectivity index (χ1v) is 7.99. The molecule has 3 atom stereocenters. The maximum atomic E-state index is 11.8. The summed E-state index contributed by atoms with van der Waals surface area (Å²) in [7, 11) is 1.46. The zero-order valence-corrected chi connectivity index (χ0v) is 13.9. The zero-order chi connectivity index (χ0) is 17.1. The number of nitrogens with zero attached hydrogens (tertiary/aromatic N) is 1. The second-order valence-electron chi connectivity index (χ2n) is 6.26. The third-order valence-corrected chi connectivity index (χ3v) is 5.03. The van der Waals surface area contributed by atoms with Gasteiger partial charge in [-0.2, -0.15) is 0 Å². The maximum absolute atomic E-state index is 11.8. The number of carbonyl (C=O) groups excluding carboxylic acids is 1. The van der Waals surface area contributed by atoms with E-state index in [0.29, 0.717) is 39.1 Å². The maximum Gasteiger partial charge on any atom is 0.305 e. The number of ether oxygens (including phenoxy) is 4. The van der Waals surface area contributed by atoms with Crippen LogP contribution in [0.15, 0.2) is 0 Å². The highest BCUT2D eigenvalue weighted by molar-refractivity contribution is 5.69. The molecule has 1 spiro atoms. The lowest BCUT2D eigenvalue weighted by atomic mass is 9.68. The molecule has 0 N–H and O–H groups in total. The van der Waals surface area contributed by atoms with Gasteiger partial charge in [-0.3, -0.25) is 14.9 Å². The van der Waals surface area contributed by atoms with Crippen LogP contribution in [0, 0.1) is 16.0 Å².